The van der Waals surface area contributed by atoms with Crippen molar-refractivity contribution in [2.24, 2.45) is 0 Å². The maximum absolute atomic E-state index is 12.6. The lowest BCUT2D eigenvalue weighted by Gasteiger charge is -2.27. The monoisotopic (exact) mass is 844 g/mol. The van der Waals surface area contributed by atoms with Crippen LogP contribution in [0.4, 0.5) is 0 Å². The molecule has 0 aliphatic carbocycles. The molecule has 0 radical (unpaired) electrons. The fourth-order valence-electron chi connectivity index (χ4n) is 7.84. The van der Waals surface area contributed by atoms with Crippen molar-refractivity contribution >= 4 is 5.91 Å². The summed E-state index contributed by atoms with van der Waals surface area (Å²) >= 11 is 0. The number of aliphatic hydroxyl groups is 4. The lowest BCUT2D eigenvalue weighted by Crippen LogP contribution is -2.53. The first-order valence-corrected chi connectivity index (χ1v) is 26.0. The summed E-state index contributed by atoms with van der Waals surface area (Å²) in [6.45, 7) is 4.05. The molecule has 0 saturated carbocycles. The second kappa shape index (κ2) is 48.3. The third-order valence-corrected chi connectivity index (χ3v) is 12.0. The Morgan fingerprint density at radius 3 is 1.05 bits per heavy atom. The van der Waals surface area contributed by atoms with Crippen LogP contribution in [0.1, 0.15) is 258 Å². The number of carbonyl (C=O) groups is 1. The molecule has 0 aromatic rings. The number of unbranched alkanes of at least 4 members (excludes halogenated alkanes) is 30. The topological polar surface area (TPSA) is 110 Å². The van der Waals surface area contributed by atoms with E-state index in [-0.39, 0.29) is 0 Å². The molecule has 0 spiro atoms. The highest BCUT2D eigenvalue weighted by molar-refractivity contribution is 5.80. The van der Waals surface area contributed by atoms with E-state index in [1.165, 1.54) is 161 Å². The summed E-state index contributed by atoms with van der Waals surface area (Å²) in [7, 11) is 0. The minimum atomic E-state index is -1.30. The van der Waals surface area contributed by atoms with Crippen LogP contribution < -0.4 is 5.32 Å². The number of hydrogen-bond donors (Lipinski definition) is 5. The van der Waals surface area contributed by atoms with Gasteiger partial charge in [0.15, 0.2) is 0 Å². The number of rotatable bonds is 47. The first-order chi connectivity index (χ1) is 29.5. The van der Waals surface area contributed by atoms with Crippen LogP contribution in [0.15, 0.2) is 48.6 Å². The molecule has 0 rings (SSSR count). The van der Waals surface area contributed by atoms with Crippen LogP contribution in [0.5, 0.6) is 0 Å². The van der Waals surface area contributed by atoms with E-state index in [2.05, 4.69) is 67.8 Å². The van der Waals surface area contributed by atoms with E-state index in [1.807, 2.05) is 0 Å². The Morgan fingerprint density at radius 2 is 0.700 bits per heavy atom. The van der Waals surface area contributed by atoms with Gasteiger partial charge in [-0.2, -0.15) is 0 Å². The highest BCUT2D eigenvalue weighted by atomic mass is 16.3. The molecule has 0 aliphatic heterocycles. The predicted octanol–water partition coefficient (Wildman–Crippen LogP) is 14.6. The molecule has 0 saturated heterocycles. The van der Waals surface area contributed by atoms with Crippen molar-refractivity contribution in [3.8, 4) is 0 Å². The summed E-state index contributed by atoms with van der Waals surface area (Å²) in [6, 6.07) is -1.02. The number of nitrogens with one attached hydrogen (secondary N) is 1. The summed E-state index contributed by atoms with van der Waals surface area (Å²) in [5.74, 6) is -0.603. The summed E-state index contributed by atoms with van der Waals surface area (Å²) in [5.41, 5.74) is 0. The van der Waals surface area contributed by atoms with E-state index >= 15 is 0 Å². The first-order valence-electron chi connectivity index (χ1n) is 26.0. The van der Waals surface area contributed by atoms with Crippen molar-refractivity contribution in [3.05, 3.63) is 48.6 Å². The molecule has 6 heteroatoms. The maximum Gasteiger partial charge on any atom is 0.249 e. The lowest BCUT2D eigenvalue weighted by molar-refractivity contribution is -0.132. The Labute approximate surface area is 372 Å². The van der Waals surface area contributed by atoms with Crippen molar-refractivity contribution in [2.45, 2.75) is 282 Å². The minimum absolute atomic E-state index is 0.351. The average Bonchev–Trinajstić information content (AvgIpc) is 3.25. The SMILES string of the molecule is CCCCCCCCCCC/C=C/CC/C=C/CC/C=C/CCCC(O)C(O)C(CO)NC(=O)C(O)CCCCCCCC/C=C\CCCCCCCCCCCCCC. The molecule has 5 N–H and O–H groups in total. The van der Waals surface area contributed by atoms with Crippen LogP contribution in [-0.4, -0.2) is 57.3 Å². The number of amides is 1. The zero-order chi connectivity index (χ0) is 43.8. The molecule has 0 aromatic carbocycles. The van der Waals surface area contributed by atoms with Crippen molar-refractivity contribution in [1.29, 1.82) is 0 Å². The maximum atomic E-state index is 12.6. The quantitative estimate of drug-likeness (QED) is 0.0310. The van der Waals surface area contributed by atoms with E-state index in [1.54, 1.807) is 0 Å². The van der Waals surface area contributed by atoms with Gasteiger partial charge in [-0.15, -0.1) is 0 Å². The Bertz CT molecular complexity index is 993. The summed E-state index contributed by atoms with van der Waals surface area (Å²) in [5, 5.41) is 43.8. The zero-order valence-corrected chi connectivity index (χ0v) is 39.7. The van der Waals surface area contributed by atoms with Gasteiger partial charge in [0, 0.05) is 0 Å². The largest absolute Gasteiger partial charge is 0.394 e. The van der Waals surface area contributed by atoms with Crippen LogP contribution in [0, 0.1) is 0 Å². The molecule has 0 bridgehead atoms. The molecule has 4 atom stereocenters. The van der Waals surface area contributed by atoms with Gasteiger partial charge in [0.2, 0.25) is 5.91 Å². The van der Waals surface area contributed by atoms with Gasteiger partial charge < -0.3 is 25.7 Å². The van der Waals surface area contributed by atoms with E-state index in [0.717, 1.165) is 64.2 Å². The summed E-state index contributed by atoms with van der Waals surface area (Å²) in [6.07, 6.45) is 60.2. The van der Waals surface area contributed by atoms with Gasteiger partial charge in [-0.25, -0.2) is 0 Å². The van der Waals surface area contributed by atoms with Crippen molar-refractivity contribution in [1.82, 2.24) is 5.32 Å². The third-order valence-electron chi connectivity index (χ3n) is 12.0. The molecular weight excluding hydrogens is 743 g/mol. The second-order valence-electron chi connectivity index (χ2n) is 17.8. The van der Waals surface area contributed by atoms with Crippen LogP contribution in [0.2, 0.25) is 0 Å². The fourth-order valence-corrected chi connectivity index (χ4v) is 7.84. The van der Waals surface area contributed by atoms with Crippen LogP contribution in [-0.2, 0) is 4.79 Å². The molecule has 4 unspecified atom stereocenters. The number of hydrogen-bond acceptors (Lipinski definition) is 5. The third kappa shape index (κ3) is 41.6. The van der Waals surface area contributed by atoms with Gasteiger partial charge in [0.05, 0.1) is 18.8 Å². The molecule has 1 amide bonds. The summed E-state index contributed by atoms with van der Waals surface area (Å²) < 4.78 is 0. The summed E-state index contributed by atoms with van der Waals surface area (Å²) in [4.78, 5) is 12.6. The number of aliphatic hydroxyl groups excluding tert-OH is 4. The van der Waals surface area contributed by atoms with E-state index < -0.39 is 36.9 Å². The van der Waals surface area contributed by atoms with Crippen molar-refractivity contribution < 1.29 is 25.2 Å². The van der Waals surface area contributed by atoms with Gasteiger partial charge in [0.25, 0.3) is 0 Å². The van der Waals surface area contributed by atoms with Gasteiger partial charge in [-0.1, -0.05) is 217 Å². The van der Waals surface area contributed by atoms with Crippen LogP contribution in [0.3, 0.4) is 0 Å². The van der Waals surface area contributed by atoms with E-state index in [4.69, 9.17) is 0 Å². The van der Waals surface area contributed by atoms with Gasteiger partial charge >= 0.3 is 0 Å². The van der Waals surface area contributed by atoms with Gasteiger partial charge in [0.1, 0.15) is 12.2 Å². The normalized spacial score (nSPS) is 14.3. The average molecular weight is 844 g/mol. The highest BCUT2D eigenvalue weighted by Gasteiger charge is 2.28. The Kier molecular flexibility index (Phi) is 46.9. The first kappa shape index (κ1) is 58.3. The molecular formula is C54H101NO5. The Morgan fingerprint density at radius 1 is 0.400 bits per heavy atom. The molecule has 0 heterocycles. The van der Waals surface area contributed by atoms with Crippen LogP contribution >= 0.6 is 0 Å². The standard InChI is InChI=1S/C54H101NO5/c1-3-5-7-9-11-13-15-17-19-21-23-25-27-29-31-33-35-37-39-41-43-45-47-51(57)53(59)50(49-56)55-54(60)52(58)48-46-44-42-40-38-36-34-32-30-28-26-24-22-20-18-16-14-12-10-8-6-4-2/h23,25,30-33,39,41,50-53,56-59H,3-22,24,26-29,34-38,40,42-49H2,1-2H3,(H,55,60)/b25-23+,32-30-,33-31+,41-39+. The molecule has 60 heavy (non-hydrogen) atoms. The minimum Gasteiger partial charge on any atom is -0.394 e. The Hall–Kier alpha value is -1.73. The smallest absolute Gasteiger partial charge is 0.249 e. The van der Waals surface area contributed by atoms with E-state index in [0.29, 0.717) is 19.3 Å². The second-order valence-corrected chi connectivity index (χ2v) is 17.8. The number of carbonyl (C=O) groups excluding carboxylic acids is 1. The zero-order valence-electron chi connectivity index (χ0n) is 39.7. The lowest BCUT2D eigenvalue weighted by atomic mass is 10.00. The molecule has 6 nitrogen and oxygen atoms in total. The fraction of sp³-hybridized carbons (Fsp3) is 0.833. The number of allylic oxidation sites excluding steroid dienone is 8. The van der Waals surface area contributed by atoms with Crippen molar-refractivity contribution in [2.75, 3.05) is 6.61 Å². The predicted molar refractivity (Wildman–Crippen MR) is 260 cm³/mol. The van der Waals surface area contributed by atoms with Gasteiger partial charge in [-0.3, -0.25) is 4.79 Å². The molecule has 0 aliphatic rings. The van der Waals surface area contributed by atoms with Crippen molar-refractivity contribution in [3.63, 3.8) is 0 Å². The van der Waals surface area contributed by atoms with E-state index in [9.17, 15) is 25.2 Å². The molecule has 352 valence electrons. The highest BCUT2D eigenvalue weighted by Crippen LogP contribution is 2.15. The van der Waals surface area contributed by atoms with Gasteiger partial charge in [-0.05, 0) is 89.9 Å². The molecule has 0 aromatic heterocycles. The Balaban J connectivity index is 3.77. The van der Waals surface area contributed by atoms with Crippen LogP contribution in [0.25, 0.3) is 0 Å². The molecule has 0 fully saturated rings.